The zero-order valence-electron chi connectivity index (χ0n) is 13.9. The molecular weight excluding hydrogens is 286 g/mol. The van der Waals surface area contributed by atoms with E-state index in [4.69, 9.17) is 9.47 Å². The summed E-state index contributed by atoms with van der Waals surface area (Å²) in [6, 6.07) is 17.3. The van der Waals surface area contributed by atoms with Gasteiger partial charge in [-0.2, -0.15) is 0 Å². The van der Waals surface area contributed by atoms with Crippen LogP contribution in [-0.4, -0.2) is 19.3 Å². The maximum atomic E-state index is 5.72. The van der Waals surface area contributed by atoms with E-state index in [1.807, 2.05) is 6.07 Å². The third kappa shape index (κ3) is 3.85. The van der Waals surface area contributed by atoms with Crippen LogP contribution in [0.5, 0.6) is 11.5 Å². The lowest BCUT2D eigenvalue weighted by Gasteiger charge is -2.26. The number of hydrogen-bond donors (Lipinski definition) is 1. The maximum absolute atomic E-state index is 5.72. The Bertz CT molecular complexity index is 627. The fraction of sp³-hybridized carbons (Fsp3) is 0.400. The van der Waals surface area contributed by atoms with Crippen LogP contribution < -0.4 is 14.8 Å². The molecule has 0 unspecified atom stereocenters. The fourth-order valence-corrected chi connectivity index (χ4v) is 3.19. The van der Waals surface area contributed by atoms with Crippen LogP contribution in [0.1, 0.15) is 37.3 Å². The quantitative estimate of drug-likeness (QED) is 0.870. The Hall–Kier alpha value is -2.00. The molecule has 0 saturated carbocycles. The van der Waals surface area contributed by atoms with Gasteiger partial charge in [0, 0.05) is 12.6 Å². The zero-order valence-corrected chi connectivity index (χ0v) is 13.9. The topological polar surface area (TPSA) is 30.5 Å². The Labute approximate surface area is 138 Å². The van der Waals surface area contributed by atoms with Gasteiger partial charge in [0.05, 0.1) is 0 Å². The van der Waals surface area contributed by atoms with Gasteiger partial charge in [-0.3, -0.25) is 0 Å². The van der Waals surface area contributed by atoms with E-state index in [1.165, 1.54) is 11.1 Å². The summed E-state index contributed by atoms with van der Waals surface area (Å²) < 4.78 is 11.3. The van der Waals surface area contributed by atoms with Crippen molar-refractivity contribution in [3.63, 3.8) is 0 Å². The molecule has 3 rings (SSSR count). The Morgan fingerprint density at radius 3 is 2.48 bits per heavy atom. The van der Waals surface area contributed by atoms with Crippen molar-refractivity contribution in [2.24, 2.45) is 0 Å². The largest absolute Gasteiger partial charge is 0.486 e. The van der Waals surface area contributed by atoms with Crippen molar-refractivity contribution in [3.8, 4) is 11.5 Å². The van der Waals surface area contributed by atoms with Gasteiger partial charge in [0.15, 0.2) is 11.5 Å². The SMILES string of the molecule is CC[C@@H](c1ccc2c(c1)OCCO2)[C@H](C)NCc1ccccc1. The van der Waals surface area contributed by atoms with Crippen LogP contribution in [0.3, 0.4) is 0 Å². The molecule has 0 bridgehead atoms. The van der Waals surface area contributed by atoms with Gasteiger partial charge in [-0.25, -0.2) is 0 Å². The average molecular weight is 311 g/mol. The number of rotatable bonds is 6. The number of ether oxygens (including phenoxy) is 2. The van der Waals surface area contributed by atoms with E-state index in [1.54, 1.807) is 0 Å². The van der Waals surface area contributed by atoms with Crippen molar-refractivity contribution in [1.29, 1.82) is 0 Å². The lowest BCUT2D eigenvalue weighted by atomic mass is 9.89. The van der Waals surface area contributed by atoms with Crippen molar-refractivity contribution in [1.82, 2.24) is 5.32 Å². The highest BCUT2D eigenvalue weighted by Crippen LogP contribution is 2.35. The molecule has 1 heterocycles. The number of fused-ring (bicyclic) bond motifs is 1. The summed E-state index contributed by atoms with van der Waals surface area (Å²) in [7, 11) is 0. The Morgan fingerprint density at radius 2 is 1.74 bits per heavy atom. The van der Waals surface area contributed by atoms with Crippen molar-refractivity contribution in [3.05, 3.63) is 59.7 Å². The van der Waals surface area contributed by atoms with Gasteiger partial charge in [-0.15, -0.1) is 0 Å². The van der Waals surface area contributed by atoms with Crippen LogP contribution in [0.25, 0.3) is 0 Å². The second-order valence-electron chi connectivity index (χ2n) is 6.07. The van der Waals surface area contributed by atoms with E-state index in [0.717, 1.165) is 24.5 Å². The summed E-state index contributed by atoms with van der Waals surface area (Å²) in [5, 5.41) is 3.66. The Balaban J connectivity index is 1.68. The minimum atomic E-state index is 0.391. The van der Waals surface area contributed by atoms with Gasteiger partial charge in [-0.1, -0.05) is 43.3 Å². The molecule has 0 radical (unpaired) electrons. The number of benzene rings is 2. The van der Waals surface area contributed by atoms with E-state index in [2.05, 4.69) is 61.6 Å². The standard InChI is InChI=1S/C20H25NO2/c1-3-18(15(2)21-14-16-7-5-4-6-8-16)17-9-10-19-20(13-17)23-12-11-22-19/h4-10,13,15,18,21H,3,11-12,14H2,1-2H3/t15-,18+/m0/s1. The first-order valence-electron chi connectivity index (χ1n) is 8.44. The molecule has 0 fully saturated rings. The highest BCUT2D eigenvalue weighted by atomic mass is 16.6. The normalized spacial score (nSPS) is 15.9. The third-order valence-corrected chi connectivity index (χ3v) is 4.51. The molecule has 2 atom stereocenters. The highest BCUT2D eigenvalue weighted by molar-refractivity contribution is 5.45. The Morgan fingerprint density at radius 1 is 1.00 bits per heavy atom. The first-order valence-corrected chi connectivity index (χ1v) is 8.44. The molecule has 1 aliphatic rings. The number of nitrogens with one attached hydrogen (secondary N) is 1. The van der Waals surface area contributed by atoms with E-state index in [9.17, 15) is 0 Å². The molecule has 0 amide bonds. The fourth-order valence-electron chi connectivity index (χ4n) is 3.19. The van der Waals surface area contributed by atoms with Crippen LogP contribution in [-0.2, 0) is 6.54 Å². The molecule has 3 heteroatoms. The van der Waals surface area contributed by atoms with Crippen molar-refractivity contribution < 1.29 is 9.47 Å². The zero-order chi connectivity index (χ0) is 16.1. The van der Waals surface area contributed by atoms with Gasteiger partial charge >= 0.3 is 0 Å². The second-order valence-corrected chi connectivity index (χ2v) is 6.07. The first-order chi connectivity index (χ1) is 11.3. The molecule has 23 heavy (non-hydrogen) atoms. The van der Waals surface area contributed by atoms with Crippen molar-refractivity contribution in [2.75, 3.05) is 13.2 Å². The Kier molecular flexibility index (Phi) is 5.19. The average Bonchev–Trinajstić information content (AvgIpc) is 2.61. The summed E-state index contributed by atoms with van der Waals surface area (Å²) in [6.07, 6.45) is 1.09. The minimum Gasteiger partial charge on any atom is -0.486 e. The van der Waals surface area contributed by atoms with Crippen molar-refractivity contribution in [2.45, 2.75) is 38.8 Å². The van der Waals surface area contributed by atoms with Gasteiger partial charge in [0.2, 0.25) is 0 Å². The molecule has 3 nitrogen and oxygen atoms in total. The molecule has 2 aromatic carbocycles. The van der Waals surface area contributed by atoms with Crippen molar-refractivity contribution >= 4 is 0 Å². The highest BCUT2D eigenvalue weighted by Gasteiger charge is 2.20. The predicted octanol–water partition coefficient (Wildman–Crippen LogP) is 4.13. The van der Waals surface area contributed by atoms with E-state index < -0.39 is 0 Å². The lowest BCUT2D eigenvalue weighted by Crippen LogP contribution is -2.31. The lowest BCUT2D eigenvalue weighted by molar-refractivity contribution is 0.171. The third-order valence-electron chi connectivity index (χ3n) is 4.51. The van der Waals surface area contributed by atoms with Crippen LogP contribution in [0.4, 0.5) is 0 Å². The number of hydrogen-bond acceptors (Lipinski definition) is 3. The summed E-state index contributed by atoms with van der Waals surface area (Å²) in [5.74, 6) is 2.19. The molecule has 122 valence electrons. The summed E-state index contributed by atoms with van der Waals surface area (Å²) in [4.78, 5) is 0. The van der Waals surface area contributed by atoms with Crippen LogP contribution in [0, 0.1) is 0 Å². The van der Waals surface area contributed by atoms with Gasteiger partial charge in [0.25, 0.3) is 0 Å². The van der Waals surface area contributed by atoms with Gasteiger partial charge < -0.3 is 14.8 Å². The molecule has 1 aliphatic heterocycles. The van der Waals surface area contributed by atoms with Gasteiger partial charge in [-0.05, 0) is 42.5 Å². The molecule has 0 aliphatic carbocycles. The first kappa shape index (κ1) is 15.9. The van der Waals surface area contributed by atoms with E-state index in [0.29, 0.717) is 25.2 Å². The van der Waals surface area contributed by atoms with E-state index >= 15 is 0 Å². The molecule has 0 spiro atoms. The van der Waals surface area contributed by atoms with Gasteiger partial charge in [0.1, 0.15) is 13.2 Å². The second kappa shape index (κ2) is 7.51. The summed E-state index contributed by atoms with van der Waals surface area (Å²) in [6.45, 7) is 6.66. The molecule has 1 N–H and O–H groups in total. The minimum absolute atomic E-state index is 0.391. The maximum Gasteiger partial charge on any atom is 0.161 e. The van der Waals surface area contributed by atoms with E-state index in [-0.39, 0.29) is 0 Å². The molecule has 0 saturated heterocycles. The molecule has 0 aromatic heterocycles. The molecular formula is C20H25NO2. The smallest absolute Gasteiger partial charge is 0.161 e. The van der Waals surface area contributed by atoms with Crippen LogP contribution in [0.15, 0.2) is 48.5 Å². The van der Waals surface area contributed by atoms with Crippen LogP contribution >= 0.6 is 0 Å². The summed E-state index contributed by atoms with van der Waals surface area (Å²) >= 11 is 0. The van der Waals surface area contributed by atoms with Crippen LogP contribution in [0.2, 0.25) is 0 Å². The summed E-state index contributed by atoms with van der Waals surface area (Å²) in [5.41, 5.74) is 2.63. The predicted molar refractivity (Wildman–Crippen MR) is 93.2 cm³/mol. The monoisotopic (exact) mass is 311 g/mol. The molecule has 2 aromatic rings.